The minimum atomic E-state index is -0.0377. The van der Waals surface area contributed by atoms with Crippen LogP contribution in [0.4, 0.5) is 5.69 Å². The highest BCUT2D eigenvalue weighted by Crippen LogP contribution is 2.51. The molecule has 1 heterocycles. The highest BCUT2D eigenvalue weighted by Gasteiger charge is 2.50. The molecule has 2 aliphatic rings. The monoisotopic (exact) mass is 295 g/mol. The maximum absolute atomic E-state index is 12.2. The zero-order valence-electron chi connectivity index (χ0n) is 11.1. The summed E-state index contributed by atoms with van der Waals surface area (Å²) in [7, 11) is 0. The summed E-state index contributed by atoms with van der Waals surface area (Å²) in [5.41, 5.74) is 1.12. The lowest BCUT2D eigenvalue weighted by atomic mass is 9.92. The van der Waals surface area contributed by atoms with Crippen molar-refractivity contribution in [3.05, 3.63) is 29.3 Å². The van der Waals surface area contributed by atoms with Gasteiger partial charge in [-0.2, -0.15) is 0 Å². The zero-order valence-corrected chi connectivity index (χ0v) is 12.6. The maximum atomic E-state index is 12.2. The third-order valence-corrected chi connectivity index (χ3v) is 5.98. The summed E-state index contributed by atoms with van der Waals surface area (Å²) in [6.45, 7) is 2.02. The Kier molecular flexibility index (Phi) is 3.52. The molecule has 0 N–H and O–H groups in total. The first kappa shape index (κ1) is 13.3. The lowest BCUT2D eigenvalue weighted by Crippen LogP contribution is -2.47. The number of carbonyl (C=O) groups is 1. The third kappa shape index (κ3) is 2.27. The van der Waals surface area contributed by atoms with E-state index < -0.39 is 0 Å². The second-order valence-electron chi connectivity index (χ2n) is 5.45. The topological polar surface area (TPSA) is 20.3 Å². The molecule has 2 fully saturated rings. The number of nitrogens with zero attached hydrogens (tertiary/aromatic N) is 1. The SMILES string of the molecule is C[C@H]1C(=O)SC2(CCCCC2)N1c1ccc(Cl)cc1. The zero-order chi connectivity index (χ0) is 13.5. The number of halogens is 1. The number of anilines is 1. The van der Waals surface area contributed by atoms with Crippen LogP contribution in [0.2, 0.25) is 5.02 Å². The van der Waals surface area contributed by atoms with E-state index in [1.165, 1.54) is 19.3 Å². The van der Waals surface area contributed by atoms with Crippen molar-refractivity contribution in [2.75, 3.05) is 4.90 Å². The molecule has 1 saturated carbocycles. The minimum absolute atomic E-state index is 0.0113. The van der Waals surface area contributed by atoms with E-state index in [9.17, 15) is 4.79 Å². The van der Waals surface area contributed by atoms with E-state index in [-0.39, 0.29) is 10.9 Å². The van der Waals surface area contributed by atoms with Crippen molar-refractivity contribution >= 4 is 34.2 Å². The number of rotatable bonds is 1. The molecule has 0 unspecified atom stereocenters. The van der Waals surface area contributed by atoms with Crippen LogP contribution in [-0.2, 0) is 4.79 Å². The molecule has 102 valence electrons. The molecule has 0 bridgehead atoms. The van der Waals surface area contributed by atoms with Gasteiger partial charge in [-0.15, -0.1) is 0 Å². The van der Waals surface area contributed by atoms with Crippen molar-refractivity contribution in [1.29, 1.82) is 0 Å². The van der Waals surface area contributed by atoms with Crippen LogP contribution in [0.3, 0.4) is 0 Å². The Morgan fingerprint density at radius 1 is 1.21 bits per heavy atom. The normalized spacial score (nSPS) is 26.1. The van der Waals surface area contributed by atoms with Gasteiger partial charge in [-0.1, -0.05) is 42.6 Å². The Hall–Kier alpha value is -0.670. The van der Waals surface area contributed by atoms with E-state index >= 15 is 0 Å². The van der Waals surface area contributed by atoms with Crippen molar-refractivity contribution in [2.45, 2.75) is 49.9 Å². The Bertz CT molecular complexity index is 481. The quantitative estimate of drug-likeness (QED) is 0.762. The number of benzene rings is 1. The average molecular weight is 296 g/mol. The van der Waals surface area contributed by atoms with E-state index in [1.807, 2.05) is 31.2 Å². The first-order chi connectivity index (χ1) is 9.12. The number of carbonyl (C=O) groups excluding carboxylic acids is 1. The van der Waals surface area contributed by atoms with Crippen LogP contribution in [-0.4, -0.2) is 16.0 Å². The first-order valence-electron chi connectivity index (χ1n) is 6.90. The molecule has 2 nitrogen and oxygen atoms in total. The van der Waals surface area contributed by atoms with Gasteiger partial charge in [0.05, 0.1) is 10.9 Å². The molecule has 0 aromatic heterocycles. The Morgan fingerprint density at radius 3 is 2.47 bits per heavy atom. The van der Waals surface area contributed by atoms with Crippen molar-refractivity contribution in [3.63, 3.8) is 0 Å². The van der Waals surface area contributed by atoms with Gasteiger partial charge in [0.1, 0.15) is 0 Å². The summed E-state index contributed by atoms with van der Waals surface area (Å²) in [6.07, 6.45) is 5.94. The average Bonchev–Trinajstić information content (AvgIpc) is 2.64. The van der Waals surface area contributed by atoms with Crippen LogP contribution in [0.15, 0.2) is 24.3 Å². The molecular formula is C15H18ClNOS. The van der Waals surface area contributed by atoms with Crippen molar-refractivity contribution < 1.29 is 4.79 Å². The fourth-order valence-electron chi connectivity index (χ4n) is 3.29. The van der Waals surface area contributed by atoms with E-state index in [2.05, 4.69) is 4.90 Å². The Morgan fingerprint density at radius 2 is 1.84 bits per heavy atom. The highest BCUT2D eigenvalue weighted by atomic mass is 35.5. The predicted octanol–water partition coefficient (Wildman–Crippen LogP) is 4.47. The van der Waals surface area contributed by atoms with Crippen LogP contribution in [0.5, 0.6) is 0 Å². The largest absolute Gasteiger partial charge is 0.346 e. The van der Waals surface area contributed by atoms with Crippen LogP contribution in [0.1, 0.15) is 39.0 Å². The number of hydrogen-bond acceptors (Lipinski definition) is 3. The molecule has 1 aliphatic carbocycles. The van der Waals surface area contributed by atoms with Crippen molar-refractivity contribution in [2.24, 2.45) is 0 Å². The van der Waals surface area contributed by atoms with Crippen LogP contribution in [0, 0.1) is 0 Å². The lowest BCUT2D eigenvalue weighted by Gasteiger charge is -2.42. The molecular weight excluding hydrogens is 278 g/mol. The maximum Gasteiger partial charge on any atom is 0.213 e. The summed E-state index contributed by atoms with van der Waals surface area (Å²) in [4.78, 5) is 14.5. The molecule has 1 atom stereocenters. The molecule has 1 aromatic rings. The summed E-state index contributed by atoms with van der Waals surface area (Å²) in [5, 5.41) is 1.05. The molecule has 1 spiro atoms. The molecule has 1 saturated heterocycles. The minimum Gasteiger partial charge on any atom is -0.346 e. The second kappa shape index (κ2) is 5.02. The van der Waals surface area contributed by atoms with Gasteiger partial charge >= 0.3 is 0 Å². The number of hydrogen-bond donors (Lipinski definition) is 0. The van der Waals surface area contributed by atoms with Gasteiger partial charge in [0.2, 0.25) is 5.12 Å². The van der Waals surface area contributed by atoms with E-state index in [4.69, 9.17) is 11.6 Å². The van der Waals surface area contributed by atoms with Crippen LogP contribution in [0.25, 0.3) is 0 Å². The van der Waals surface area contributed by atoms with Crippen molar-refractivity contribution in [1.82, 2.24) is 0 Å². The highest BCUT2D eigenvalue weighted by molar-refractivity contribution is 8.15. The standard InChI is InChI=1S/C15H18ClNOS/c1-11-14(18)19-15(9-3-2-4-10-15)17(11)13-7-5-12(16)6-8-13/h5-8,11H,2-4,9-10H2,1H3/t11-/m0/s1. The summed E-state index contributed by atoms with van der Waals surface area (Å²) >= 11 is 7.53. The summed E-state index contributed by atoms with van der Waals surface area (Å²) in [6, 6.07) is 7.86. The molecule has 0 radical (unpaired) electrons. The molecule has 0 amide bonds. The van der Waals surface area contributed by atoms with E-state index in [1.54, 1.807) is 11.8 Å². The number of thioether (sulfide) groups is 1. The van der Waals surface area contributed by atoms with E-state index in [0.29, 0.717) is 5.12 Å². The fraction of sp³-hybridized carbons (Fsp3) is 0.533. The van der Waals surface area contributed by atoms with Crippen molar-refractivity contribution in [3.8, 4) is 0 Å². The van der Waals surface area contributed by atoms with Crippen LogP contribution < -0.4 is 4.90 Å². The fourth-order valence-corrected chi connectivity index (χ4v) is 4.92. The lowest BCUT2D eigenvalue weighted by molar-refractivity contribution is -0.111. The van der Waals surface area contributed by atoms with Gasteiger partial charge in [-0.3, -0.25) is 4.79 Å². The van der Waals surface area contributed by atoms with Gasteiger partial charge in [-0.05, 0) is 44.0 Å². The van der Waals surface area contributed by atoms with Gasteiger partial charge in [0, 0.05) is 10.7 Å². The predicted molar refractivity (Wildman–Crippen MR) is 81.8 cm³/mol. The van der Waals surface area contributed by atoms with Crippen LogP contribution >= 0.6 is 23.4 Å². The van der Waals surface area contributed by atoms with Gasteiger partial charge < -0.3 is 4.90 Å². The van der Waals surface area contributed by atoms with E-state index in [0.717, 1.165) is 23.6 Å². The first-order valence-corrected chi connectivity index (χ1v) is 8.10. The Balaban J connectivity index is 1.99. The second-order valence-corrected chi connectivity index (χ2v) is 7.25. The third-order valence-electron chi connectivity index (χ3n) is 4.20. The molecule has 4 heteroatoms. The summed E-state index contributed by atoms with van der Waals surface area (Å²) < 4.78 is 0. The summed E-state index contributed by atoms with van der Waals surface area (Å²) in [5.74, 6) is 0. The molecule has 1 aliphatic heterocycles. The molecule has 19 heavy (non-hydrogen) atoms. The molecule has 1 aromatic carbocycles. The van der Waals surface area contributed by atoms with Gasteiger partial charge in [0.15, 0.2) is 0 Å². The smallest absolute Gasteiger partial charge is 0.213 e. The van der Waals surface area contributed by atoms with Gasteiger partial charge in [-0.25, -0.2) is 0 Å². The molecule has 3 rings (SSSR count). The van der Waals surface area contributed by atoms with Gasteiger partial charge in [0.25, 0.3) is 0 Å². The Labute approximate surface area is 123 Å².